The van der Waals surface area contributed by atoms with Crippen molar-refractivity contribution in [3.05, 3.63) is 0 Å². The number of carbonyl (C=O) groups is 4. The van der Waals surface area contributed by atoms with Gasteiger partial charge >= 0.3 is 0 Å². The number of aliphatic hydroxyl groups excluding tert-OH is 2. The molecule has 0 spiro atoms. The van der Waals surface area contributed by atoms with E-state index in [2.05, 4.69) is 5.32 Å². The highest BCUT2D eigenvalue weighted by molar-refractivity contribution is 6.03. The summed E-state index contributed by atoms with van der Waals surface area (Å²) in [4.78, 5) is 48.1. The van der Waals surface area contributed by atoms with E-state index in [0.717, 1.165) is 7.11 Å². The summed E-state index contributed by atoms with van der Waals surface area (Å²) in [6.45, 7) is -3.73. The van der Waals surface area contributed by atoms with Crippen molar-refractivity contribution >= 4 is 23.4 Å². The first-order valence-electron chi connectivity index (χ1n) is 8.46. The van der Waals surface area contributed by atoms with Crippen LogP contribution in [0, 0.1) is 0 Å². The lowest BCUT2D eigenvalue weighted by atomic mass is 9.69. The van der Waals surface area contributed by atoms with Crippen molar-refractivity contribution in [2.75, 3.05) is 39.9 Å². The van der Waals surface area contributed by atoms with Crippen molar-refractivity contribution in [2.24, 2.45) is 11.5 Å². The molecule has 10 N–H and O–H groups in total. The summed E-state index contributed by atoms with van der Waals surface area (Å²) in [6, 6.07) is 0. The standard InChI is InChI=1S/C15H26N4O10/c1-28-13-15(27,9(22)5-19-11(24)3-17)14(26,12(25)7(6-20)29-13)8(21)4-18-10(23)2-16/h7,12-13,20,25-27H,2-6,16-17H2,1H3,(H,18,23)(H,19,24)/t7-,12-,13+,14+,15+/m1/s1. The molecular weight excluding hydrogens is 396 g/mol. The van der Waals surface area contributed by atoms with Crippen LogP contribution in [0.1, 0.15) is 0 Å². The Labute approximate surface area is 165 Å². The molecule has 0 aromatic heterocycles. The van der Waals surface area contributed by atoms with E-state index in [0.29, 0.717) is 0 Å². The van der Waals surface area contributed by atoms with E-state index in [4.69, 9.17) is 20.9 Å². The average Bonchev–Trinajstić information content (AvgIpc) is 2.73. The number of carbonyl (C=O) groups excluding carboxylic acids is 4. The van der Waals surface area contributed by atoms with E-state index < -0.39 is 85.9 Å². The summed E-state index contributed by atoms with van der Waals surface area (Å²) in [7, 11) is 0.967. The van der Waals surface area contributed by atoms with Crippen LogP contribution in [0.15, 0.2) is 0 Å². The van der Waals surface area contributed by atoms with Crippen LogP contribution in [0.25, 0.3) is 0 Å². The second-order valence-corrected chi connectivity index (χ2v) is 6.21. The van der Waals surface area contributed by atoms with Gasteiger partial charge in [0.05, 0.1) is 32.8 Å². The van der Waals surface area contributed by atoms with Crippen LogP contribution in [-0.2, 0) is 28.7 Å². The Bertz CT molecular complexity index is 647. The van der Waals surface area contributed by atoms with E-state index >= 15 is 0 Å². The van der Waals surface area contributed by atoms with Gasteiger partial charge in [0.15, 0.2) is 23.5 Å². The Morgan fingerprint density at radius 1 is 1.00 bits per heavy atom. The first-order chi connectivity index (χ1) is 13.5. The first kappa shape index (κ1) is 25.0. The number of methoxy groups -OCH3 is 1. The first-order valence-corrected chi connectivity index (χ1v) is 8.46. The molecule has 29 heavy (non-hydrogen) atoms. The lowest BCUT2D eigenvalue weighted by molar-refractivity contribution is -0.345. The zero-order valence-corrected chi connectivity index (χ0v) is 15.7. The van der Waals surface area contributed by atoms with Crippen LogP contribution in [0.5, 0.6) is 0 Å². The number of amides is 2. The van der Waals surface area contributed by atoms with Crippen LogP contribution in [0.3, 0.4) is 0 Å². The van der Waals surface area contributed by atoms with Gasteiger partial charge in [0.1, 0.15) is 12.2 Å². The molecule has 14 nitrogen and oxygen atoms in total. The molecule has 0 radical (unpaired) electrons. The van der Waals surface area contributed by atoms with Gasteiger partial charge in [-0.25, -0.2) is 0 Å². The molecule has 0 aliphatic carbocycles. The third-order valence-electron chi connectivity index (χ3n) is 4.51. The van der Waals surface area contributed by atoms with Gasteiger partial charge in [-0.15, -0.1) is 0 Å². The topological polar surface area (TPSA) is 244 Å². The quantitative estimate of drug-likeness (QED) is 0.164. The lowest BCUT2D eigenvalue weighted by Gasteiger charge is -2.52. The summed E-state index contributed by atoms with van der Waals surface area (Å²) in [5.74, 6) is -4.33. The molecule has 14 heteroatoms. The molecule has 0 bridgehead atoms. The van der Waals surface area contributed by atoms with Gasteiger partial charge in [-0.3, -0.25) is 19.2 Å². The van der Waals surface area contributed by atoms with Gasteiger partial charge in [0, 0.05) is 7.11 Å². The van der Waals surface area contributed by atoms with Crippen molar-refractivity contribution in [1.82, 2.24) is 10.6 Å². The largest absolute Gasteiger partial charge is 0.394 e. The van der Waals surface area contributed by atoms with Crippen molar-refractivity contribution in [3.63, 3.8) is 0 Å². The minimum atomic E-state index is -3.29. The number of ether oxygens (including phenoxy) is 2. The van der Waals surface area contributed by atoms with Gasteiger partial charge in [0.25, 0.3) is 0 Å². The number of Topliss-reactive ketones (excluding diaryl/α,β-unsaturated/α-hetero) is 2. The minimum Gasteiger partial charge on any atom is -0.394 e. The fourth-order valence-electron chi connectivity index (χ4n) is 2.87. The van der Waals surface area contributed by atoms with Crippen LogP contribution in [-0.4, -0.2) is 113 Å². The average molecular weight is 422 g/mol. The number of nitrogens with two attached hydrogens (primary N) is 2. The Morgan fingerprint density at radius 3 is 1.83 bits per heavy atom. The molecule has 1 aliphatic rings. The van der Waals surface area contributed by atoms with Gasteiger partial charge < -0.3 is 52.0 Å². The third kappa shape index (κ3) is 4.59. The molecule has 5 atom stereocenters. The van der Waals surface area contributed by atoms with Crippen molar-refractivity contribution in [2.45, 2.75) is 29.7 Å². The summed E-state index contributed by atoms with van der Waals surface area (Å²) >= 11 is 0. The Kier molecular flexibility index (Phi) is 8.73. The van der Waals surface area contributed by atoms with Crippen molar-refractivity contribution < 1.29 is 49.1 Å². The monoisotopic (exact) mass is 422 g/mol. The van der Waals surface area contributed by atoms with E-state index in [1.165, 1.54) is 0 Å². The predicted molar refractivity (Wildman–Crippen MR) is 92.8 cm³/mol. The summed E-state index contributed by atoms with van der Waals surface area (Å²) in [5, 5.41) is 46.0. The molecule has 2 amide bonds. The van der Waals surface area contributed by atoms with E-state index in [1.54, 1.807) is 0 Å². The minimum absolute atomic E-state index is 0.487. The summed E-state index contributed by atoms with van der Waals surface area (Å²) < 4.78 is 9.97. The fraction of sp³-hybridized carbons (Fsp3) is 0.733. The summed E-state index contributed by atoms with van der Waals surface area (Å²) in [5.41, 5.74) is 3.70. The molecule has 166 valence electrons. The molecular formula is C15H26N4O10. The normalized spacial score (nSPS) is 31.8. The smallest absolute Gasteiger partial charge is 0.234 e. The fourth-order valence-corrected chi connectivity index (χ4v) is 2.87. The Hall–Kier alpha value is -2.04. The van der Waals surface area contributed by atoms with Crippen molar-refractivity contribution in [3.8, 4) is 0 Å². The highest BCUT2D eigenvalue weighted by Gasteiger charge is 2.71. The van der Waals surface area contributed by atoms with Gasteiger partial charge in [-0.1, -0.05) is 0 Å². The number of rotatable bonds is 10. The number of ketones is 2. The molecule has 0 aromatic carbocycles. The lowest BCUT2D eigenvalue weighted by Crippen LogP contribution is -2.81. The maximum atomic E-state index is 12.7. The zero-order chi connectivity index (χ0) is 22.4. The van der Waals surface area contributed by atoms with Crippen LogP contribution < -0.4 is 22.1 Å². The van der Waals surface area contributed by atoms with Crippen LogP contribution >= 0.6 is 0 Å². The number of nitrogens with one attached hydrogen (secondary N) is 2. The highest BCUT2D eigenvalue weighted by atomic mass is 16.7. The predicted octanol–water partition coefficient (Wildman–Crippen LogP) is -6.54. The van der Waals surface area contributed by atoms with Crippen LogP contribution in [0.4, 0.5) is 0 Å². The molecule has 1 aliphatic heterocycles. The van der Waals surface area contributed by atoms with Gasteiger partial charge in [0.2, 0.25) is 17.4 Å². The second-order valence-electron chi connectivity index (χ2n) is 6.21. The Balaban J connectivity index is 3.38. The van der Waals surface area contributed by atoms with E-state index in [1.807, 2.05) is 5.32 Å². The molecule has 1 saturated heterocycles. The van der Waals surface area contributed by atoms with Gasteiger partial charge in [-0.2, -0.15) is 0 Å². The number of hydrogen-bond donors (Lipinski definition) is 8. The van der Waals surface area contributed by atoms with Gasteiger partial charge in [-0.05, 0) is 0 Å². The molecule has 0 saturated carbocycles. The zero-order valence-electron chi connectivity index (χ0n) is 15.7. The molecule has 1 heterocycles. The van der Waals surface area contributed by atoms with Crippen molar-refractivity contribution in [1.29, 1.82) is 0 Å². The number of aliphatic hydroxyl groups is 4. The van der Waals surface area contributed by atoms with E-state index in [-0.39, 0.29) is 0 Å². The third-order valence-corrected chi connectivity index (χ3v) is 4.51. The summed E-state index contributed by atoms with van der Waals surface area (Å²) in [6.07, 6.45) is -5.96. The number of hydrogen-bond acceptors (Lipinski definition) is 12. The van der Waals surface area contributed by atoms with Crippen LogP contribution in [0.2, 0.25) is 0 Å². The van der Waals surface area contributed by atoms with E-state index in [9.17, 15) is 39.6 Å². The molecule has 1 rings (SSSR count). The second kappa shape index (κ2) is 10.1. The highest BCUT2D eigenvalue weighted by Crippen LogP contribution is 2.40. The molecule has 0 unspecified atom stereocenters. The Morgan fingerprint density at radius 2 is 1.45 bits per heavy atom. The maximum Gasteiger partial charge on any atom is 0.234 e. The maximum absolute atomic E-state index is 12.7. The molecule has 1 fully saturated rings. The SMILES string of the molecule is CO[C@H]1O[C@H](CO)[C@@H](O)[C@@](O)(C(=O)CNC(=O)CN)[C@]1(O)C(=O)CNC(=O)CN. The molecule has 0 aromatic rings.